The van der Waals surface area contributed by atoms with Gasteiger partial charge in [-0.1, -0.05) is 55.8 Å². The Hall–Kier alpha value is -3.14. The third-order valence-corrected chi connectivity index (χ3v) is 4.45. The third-order valence-electron chi connectivity index (χ3n) is 4.45. The highest BCUT2D eigenvalue weighted by Crippen LogP contribution is 2.28. The van der Waals surface area contributed by atoms with Crippen molar-refractivity contribution in [3.8, 4) is 5.75 Å². The van der Waals surface area contributed by atoms with Gasteiger partial charge in [0.15, 0.2) is 0 Å². The van der Waals surface area contributed by atoms with E-state index in [-0.39, 0.29) is 5.78 Å². The Labute approximate surface area is 152 Å². The molecule has 130 valence electrons. The van der Waals surface area contributed by atoms with Crippen molar-refractivity contribution in [3.05, 3.63) is 78.1 Å². The average Bonchev–Trinajstić information content (AvgIpc) is 3.12. The SMILES string of the molecule is CCCCOc1cc2nc(C(=O)c3ccccc3)cn2c2ccccc12. The van der Waals surface area contributed by atoms with Crippen molar-refractivity contribution in [2.24, 2.45) is 0 Å². The Bertz CT molecular complexity index is 1070. The normalized spacial score (nSPS) is 11.1. The number of pyridine rings is 1. The summed E-state index contributed by atoms with van der Waals surface area (Å²) in [4.78, 5) is 17.3. The molecule has 0 fully saturated rings. The monoisotopic (exact) mass is 344 g/mol. The van der Waals surface area contributed by atoms with Crippen molar-refractivity contribution in [1.29, 1.82) is 0 Å². The molecule has 0 aliphatic rings. The Balaban J connectivity index is 1.82. The Kier molecular flexibility index (Phi) is 4.40. The molecule has 4 heteroatoms. The van der Waals surface area contributed by atoms with Crippen LogP contribution in [-0.4, -0.2) is 21.8 Å². The molecule has 0 spiro atoms. The van der Waals surface area contributed by atoms with Crippen LogP contribution in [0.15, 0.2) is 66.9 Å². The first kappa shape index (κ1) is 16.3. The van der Waals surface area contributed by atoms with Gasteiger partial charge >= 0.3 is 0 Å². The Morgan fingerprint density at radius 2 is 1.85 bits per heavy atom. The van der Waals surface area contributed by atoms with Gasteiger partial charge in [-0.05, 0) is 18.6 Å². The number of benzene rings is 2. The molecule has 0 N–H and O–H groups in total. The molecule has 0 saturated heterocycles. The number of fused-ring (bicyclic) bond motifs is 3. The van der Waals surface area contributed by atoms with Crippen molar-refractivity contribution in [1.82, 2.24) is 9.38 Å². The summed E-state index contributed by atoms with van der Waals surface area (Å²) in [6.45, 7) is 2.81. The average molecular weight is 344 g/mol. The van der Waals surface area contributed by atoms with E-state index in [1.54, 1.807) is 0 Å². The molecule has 2 heterocycles. The Morgan fingerprint density at radius 1 is 1.08 bits per heavy atom. The van der Waals surface area contributed by atoms with Gasteiger partial charge < -0.3 is 4.74 Å². The molecule has 26 heavy (non-hydrogen) atoms. The largest absolute Gasteiger partial charge is 0.493 e. The molecule has 0 bridgehead atoms. The molecule has 0 unspecified atom stereocenters. The molecule has 4 rings (SSSR count). The first-order valence-corrected chi connectivity index (χ1v) is 8.91. The molecule has 0 aliphatic heterocycles. The molecule has 2 aromatic heterocycles. The number of nitrogens with zero attached hydrogens (tertiary/aromatic N) is 2. The lowest BCUT2D eigenvalue weighted by Gasteiger charge is -2.10. The van der Waals surface area contributed by atoms with E-state index in [4.69, 9.17) is 4.74 Å². The summed E-state index contributed by atoms with van der Waals surface area (Å²) >= 11 is 0. The molecular formula is C22H20N2O2. The molecular weight excluding hydrogens is 324 g/mol. The quantitative estimate of drug-likeness (QED) is 0.369. The number of unbranched alkanes of at least 4 members (excludes halogenated alkanes) is 1. The van der Waals surface area contributed by atoms with Gasteiger partial charge in [0, 0.05) is 23.2 Å². The number of para-hydroxylation sites is 1. The van der Waals surface area contributed by atoms with Gasteiger partial charge in [-0.2, -0.15) is 0 Å². The number of hydrogen-bond acceptors (Lipinski definition) is 3. The van der Waals surface area contributed by atoms with Gasteiger partial charge in [0.05, 0.1) is 12.1 Å². The molecule has 4 nitrogen and oxygen atoms in total. The fraction of sp³-hybridized carbons (Fsp3) is 0.182. The number of hydrogen-bond donors (Lipinski definition) is 0. The van der Waals surface area contributed by atoms with Crippen LogP contribution in [0, 0.1) is 0 Å². The van der Waals surface area contributed by atoms with Crippen molar-refractivity contribution < 1.29 is 9.53 Å². The highest BCUT2D eigenvalue weighted by molar-refractivity contribution is 6.08. The van der Waals surface area contributed by atoms with Crippen molar-refractivity contribution in [3.63, 3.8) is 0 Å². The van der Waals surface area contributed by atoms with E-state index in [9.17, 15) is 4.79 Å². The second kappa shape index (κ2) is 7.00. The van der Waals surface area contributed by atoms with Gasteiger partial charge in [-0.3, -0.25) is 9.20 Å². The van der Waals surface area contributed by atoms with E-state index >= 15 is 0 Å². The standard InChI is InChI=1S/C22H20N2O2/c1-2-3-13-26-20-14-21-23-18(22(25)16-9-5-4-6-10-16)15-24(21)19-12-8-7-11-17(19)20/h4-12,14-15H,2-3,13H2,1H3. The van der Waals surface area contributed by atoms with E-state index in [1.807, 2.05) is 71.3 Å². The minimum absolute atomic E-state index is 0.0770. The number of carbonyl (C=O) groups is 1. The molecule has 0 atom stereocenters. The van der Waals surface area contributed by atoms with Gasteiger partial charge in [0.1, 0.15) is 17.1 Å². The zero-order chi connectivity index (χ0) is 17.9. The van der Waals surface area contributed by atoms with Crippen LogP contribution in [0.5, 0.6) is 5.75 Å². The van der Waals surface area contributed by atoms with Gasteiger partial charge in [-0.25, -0.2) is 4.98 Å². The predicted octanol–water partition coefficient (Wildman–Crippen LogP) is 4.90. The van der Waals surface area contributed by atoms with Crippen LogP contribution in [0.2, 0.25) is 0 Å². The minimum Gasteiger partial charge on any atom is -0.493 e. The van der Waals surface area contributed by atoms with Crippen LogP contribution in [-0.2, 0) is 0 Å². The maximum atomic E-state index is 12.7. The maximum Gasteiger partial charge on any atom is 0.212 e. The number of carbonyl (C=O) groups excluding carboxylic acids is 1. The van der Waals surface area contributed by atoms with Gasteiger partial charge in [0.25, 0.3) is 0 Å². The van der Waals surface area contributed by atoms with Crippen LogP contribution < -0.4 is 4.74 Å². The fourth-order valence-electron chi connectivity index (χ4n) is 3.07. The summed E-state index contributed by atoms with van der Waals surface area (Å²) < 4.78 is 7.94. The lowest BCUT2D eigenvalue weighted by Crippen LogP contribution is -2.00. The highest BCUT2D eigenvalue weighted by Gasteiger charge is 2.16. The predicted molar refractivity (Wildman–Crippen MR) is 103 cm³/mol. The van der Waals surface area contributed by atoms with E-state index in [0.29, 0.717) is 17.9 Å². The number of ether oxygens (including phenoxy) is 1. The molecule has 0 amide bonds. The molecule has 0 aliphatic carbocycles. The third kappa shape index (κ3) is 2.94. The van der Waals surface area contributed by atoms with Crippen LogP contribution in [0.1, 0.15) is 35.8 Å². The zero-order valence-electron chi connectivity index (χ0n) is 14.7. The highest BCUT2D eigenvalue weighted by atomic mass is 16.5. The van der Waals surface area contributed by atoms with E-state index in [1.165, 1.54) is 0 Å². The second-order valence-corrected chi connectivity index (χ2v) is 6.28. The van der Waals surface area contributed by atoms with Gasteiger partial charge in [0.2, 0.25) is 5.78 Å². The summed E-state index contributed by atoms with van der Waals surface area (Å²) in [5, 5.41) is 1.02. The van der Waals surface area contributed by atoms with Crippen LogP contribution in [0.3, 0.4) is 0 Å². The van der Waals surface area contributed by atoms with Gasteiger partial charge in [-0.15, -0.1) is 0 Å². The lowest BCUT2D eigenvalue weighted by molar-refractivity contribution is 0.103. The van der Waals surface area contributed by atoms with Crippen molar-refractivity contribution >= 4 is 22.3 Å². The lowest BCUT2D eigenvalue weighted by atomic mass is 10.1. The Morgan fingerprint density at radius 3 is 2.65 bits per heavy atom. The number of aromatic nitrogens is 2. The van der Waals surface area contributed by atoms with E-state index in [0.717, 1.165) is 35.1 Å². The van der Waals surface area contributed by atoms with Crippen LogP contribution in [0.4, 0.5) is 0 Å². The molecule has 0 saturated carbocycles. The number of imidazole rings is 1. The topological polar surface area (TPSA) is 43.6 Å². The van der Waals surface area contributed by atoms with E-state index < -0.39 is 0 Å². The van der Waals surface area contributed by atoms with Crippen molar-refractivity contribution in [2.75, 3.05) is 6.61 Å². The molecule has 0 radical (unpaired) electrons. The van der Waals surface area contributed by atoms with Crippen molar-refractivity contribution in [2.45, 2.75) is 19.8 Å². The fourth-order valence-corrected chi connectivity index (χ4v) is 3.07. The first-order valence-electron chi connectivity index (χ1n) is 8.91. The summed E-state index contributed by atoms with van der Waals surface area (Å²) in [7, 11) is 0. The zero-order valence-corrected chi connectivity index (χ0v) is 14.7. The number of rotatable bonds is 6. The number of ketones is 1. The van der Waals surface area contributed by atoms with E-state index in [2.05, 4.69) is 11.9 Å². The van der Waals surface area contributed by atoms with Crippen LogP contribution >= 0.6 is 0 Å². The summed E-state index contributed by atoms with van der Waals surface area (Å²) in [5.74, 6) is 0.734. The summed E-state index contributed by atoms with van der Waals surface area (Å²) in [5.41, 5.74) is 2.78. The molecule has 2 aromatic carbocycles. The second-order valence-electron chi connectivity index (χ2n) is 6.28. The summed E-state index contributed by atoms with van der Waals surface area (Å²) in [6, 6.07) is 19.2. The smallest absolute Gasteiger partial charge is 0.212 e. The first-order chi connectivity index (χ1) is 12.8. The minimum atomic E-state index is -0.0770. The maximum absolute atomic E-state index is 12.7. The molecule has 4 aromatic rings. The summed E-state index contributed by atoms with van der Waals surface area (Å²) in [6.07, 6.45) is 3.90. The van der Waals surface area contributed by atoms with Crippen LogP contribution in [0.25, 0.3) is 16.6 Å².